The molecule has 3 aromatic carbocycles. The zero-order chi connectivity index (χ0) is 35.0. The van der Waals surface area contributed by atoms with Gasteiger partial charge >= 0.3 is 0 Å². The highest BCUT2D eigenvalue weighted by Crippen LogP contribution is 2.56. The smallest absolute Gasteiger partial charge is 0.0633 e. The van der Waals surface area contributed by atoms with Crippen LogP contribution in [0, 0.1) is 23.7 Å². The van der Waals surface area contributed by atoms with E-state index in [4.69, 9.17) is 4.99 Å². The van der Waals surface area contributed by atoms with Gasteiger partial charge in [0.25, 0.3) is 0 Å². The molecule has 0 spiro atoms. The molecule has 6 aliphatic rings. The Bertz CT molecular complexity index is 2390. The van der Waals surface area contributed by atoms with Gasteiger partial charge in [-0.05, 0) is 93.5 Å². The van der Waals surface area contributed by atoms with Crippen LogP contribution in [0.1, 0.15) is 55.7 Å². The number of nitrogens with zero attached hydrogens (tertiary/aromatic N) is 1. The minimum Gasteiger partial charge on any atom is -0.253 e. The molecule has 1 nitrogen and oxygen atoms in total. The molecule has 3 aromatic rings. The molecule has 9 rings (SSSR count). The van der Waals surface area contributed by atoms with Gasteiger partial charge in [0.1, 0.15) is 0 Å². The van der Waals surface area contributed by atoms with E-state index in [9.17, 15) is 0 Å². The maximum Gasteiger partial charge on any atom is 0.0633 e. The molecule has 0 radical (unpaired) electrons. The third-order valence-corrected chi connectivity index (χ3v) is 11.9. The molecule has 0 amide bonds. The summed E-state index contributed by atoms with van der Waals surface area (Å²) in [4.78, 5) is 5.21. The van der Waals surface area contributed by atoms with Crippen molar-refractivity contribution in [1.29, 1.82) is 0 Å². The van der Waals surface area contributed by atoms with Gasteiger partial charge in [0.05, 0.1) is 11.4 Å². The lowest BCUT2D eigenvalue weighted by Gasteiger charge is -2.35. The first kappa shape index (κ1) is 32.4. The highest BCUT2D eigenvalue weighted by Gasteiger charge is 2.46. The summed E-state index contributed by atoms with van der Waals surface area (Å²) in [5.74, 6) is 1.72. The Labute approximate surface area is 308 Å². The lowest BCUT2D eigenvalue weighted by atomic mass is 9.68. The van der Waals surface area contributed by atoms with Crippen LogP contribution in [0.5, 0.6) is 0 Å². The van der Waals surface area contributed by atoms with Crippen LogP contribution in [0.3, 0.4) is 0 Å². The highest BCUT2D eigenvalue weighted by atomic mass is 14.8. The van der Waals surface area contributed by atoms with Crippen LogP contribution >= 0.6 is 0 Å². The largest absolute Gasteiger partial charge is 0.253 e. The van der Waals surface area contributed by atoms with Crippen molar-refractivity contribution in [2.24, 2.45) is 28.7 Å². The Kier molecular flexibility index (Phi) is 8.65. The van der Waals surface area contributed by atoms with Gasteiger partial charge in [-0.25, -0.2) is 0 Å². The molecule has 254 valence electrons. The molecule has 0 saturated heterocycles. The van der Waals surface area contributed by atoms with Crippen molar-refractivity contribution in [2.75, 3.05) is 0 Å². The zero-order valence-corrected chi connectivity index (χ0v) is 30.0. The summed E-state index contributed by atoms with van der Waals surface area (Å²) < 4.78 is 0. The maximum absolute atomic E-state index is 5.21. The number of fused-ring (bicyclic) bond motifs is 6. The van der Waals surface area contributed by atoms with Crippen molar-refractivity contribution >= 4 is 28.1 Å². The fourth-order valence-corrected chi connectivity index (χ4v) is 9.33. The quantitative estimate of drug-likeness (QED) is 0.167. The van der Waals surface area contributed by atoms with Gasteiger partial charge in [-0.3, -0.25) is 4.99 Å². The van der Waals surface area contributed by atoms with E-state index in [1.807, 2.05) is 0 Å². The molecule has 4 unspecified atom stereocenters. The normalized spacial score (nSPS) is 24.2. The van der Waals surface area contributed by atoms with Crippen LogP contribution < -0.4 is 10.4 Å². The van der Waals surface area contributed by atoms with Crippen LogP contribution in [-0.2, 0) is 0 Å². The number of benzene rings is 3. The van der Waals surface area contributed by atoms with E-state index in [-0.39, 0.29) is 0 Å². The van der Waals surface area contributed by atoms with E-state index in [0.29, 0.717) is 23.7 Å². The summed E-state index contributed by atoms with van der Waals surface area (Å²) >= 11 is 0. The molecule has 52 heavy (non-hydrogen) atoms. The molecule has 0 bridgehead atoms. The third-order valence-electron chi connectivity index (χ3n) is 11.9. The Morgan fingerprint density at radius 2 is 1.60 bits per heavy atom. The molecule has 0 heterocycles. The summed E-state index contributed by atoms with van der Waals surface area (Å²) in [6.07, 6.45) is 35.4. The second-order valence-electron chi connectivity index (χ2n) is 15.0. The van der Waals surface area contributed by atoms with Crippen LogP contribution in [0.4, 0.5) is 0 Å². The molecule has 4 atom stereocenters. The van der Waals surface area contributed by atoms with Crippen molar-refractivity contribution in [3.05, 3.63) is 214 Å². The second kappa shape index (κ2) is 13.9. The molecular weight excluding hydrogens is 627 g/mol. The average Bonchev–Trinajstić information content (AvgIpc) is 3.52. The van der Waals surface area contributed by atoms with Crippen molar-refractivity contribution in [1.82, 2.24) is 0 Å². The first-order valence-electron chi connectivity index (χ1n) is 19.1. The molecule has 1 heteroatoms. The van der Waals surface area contributed by atoms with E-state index in [1.165, 1.54) is 43.9 Å². The maximum atomic E-state index is 5.21. The van der Waals surface area contributed by atoms with Crippen molar-refractivity contribution < 1.29 is 0 Å². The first-order chi connectivity index (χ1) is 25.6. The van der Waals surface area contributed by atoms with Gasteiger partial charge in [0.2, 0.25) is 0 Å². The summed E-state index contributed by atoms with van der Waals surface area (Å²) in [6.45, 7) is 6.79. The number of allylic oxidation sites excluding steroid dienone is 18. The van der Waals surface area contributed by atoms with Gasteiger partial charge < -0.3 is 0 Å². The molecule has 6 aliphatic carbocycles. The Balaban J connectivity index is 1.05. The zero-order valence-electron chi connectivity index (χ0n) is 30.0. The fraction of sp³-hybridized carbons (Fsp3) is 0.196. The third kappa shape index (κ3) is 5.99. The lowest BCUT2D eigenvalue weighted by molar-refractivity contribution is 0.415. The standard InChI is InChI=1S/C51H45N/c1-34(25-30-49(39-17-7-4-8-18-39)52-35(2)36-26-28-38(29-27-36)37-15-5-3-6-16-37)31-47-46-32-40-19-9-10-20-41(40)33-48(46)51-45-24-14-12-22-43(45)42-21-11-13-23-44(42)50(47)51/h4-5,7-29,33,40,44,47,50H,2-3,6,30-32H2,1H3/b34-25-,52-49?. The van der Waals surface area contributed by atoms with Crippen LogP contribution in [0.15, 0.2) is 192 Å². The van der Waals surface area contributed by atoms with Gasteiger partial charge in [-0.2, -0.15) is 0 Å². The van der Waals surface area contributed by atoms with Gasteiger partial charge in [-0.15, -0.1) is 0 Å². The Morgan fingerprint density at radius 3 is 2.42 bits per heavy atom. The highest BCUT2D eigenvalue weighted by molar-refractivity contribution is 6.04. The molecular formula is C51H45N. The predicted molar refractivity (Wildman–Crippen MR) is 221 cm³/mol. The van der Waals surface area contributed by atoms with Gasteiger partial charge in [0, 0.05) is 24.2 Å². The fourth-order valence-electron chi connectivity index (χ4n) is 9.33. The van der Waals surface area contributed by atoms with Crippen LogP contribution in [-0.4, -0.2) is 5.71 Å². The summed E-state index contributed by atoms with van der Waals surface area (Å²) in [6, 6.07) is 28.5. The second-order valence-corrected chi connectivity index (χ2v) is 15.0. The van der Waals surface area contributed by atoms with Crippen molar-refractivity contribution in [2.45, 2.75) is 39.0 Å². The minimum absolute atomic E-state index is 0.381. The van der Waals surface area contributed by atoms with E-state index < -0.39 is 0 Å². The monoisotopic (exact) mass is 671 g/mol. The van der Waals surface area contributed by atoms with Crippen molar-refractivity contribution in [3.63, 3.8) is 0 Å². The number of hydrogen-bond acceptors (Lipinski definition) is 1. The van der Waals surface area contributed by atoms with Crippen LogP contribution in [0.25, 0.3) is 22.4 Å². The summed E-state index contributed by atoms with van der Waals surface area (Å²) in [5, 5.41) is 2.83. The van der Waals surface area contributed by atoms with E-state index >= 15 is 0 Å². The molecule has 0 aliphatic heterocycles. The molecule has 0 N–H and O–H groups in total. The SMILES string of the molecule is C=C(N=C(C/C=C(/C)CC1C2=C(C=C3C=CC=CC3C2)C2=c3ccccc3=C3C=CC=CC3C21)c1ccccc1)c1ccc(C2=CCCC=C2)cc1. The van der Waals surface area contributed by atoms with Crippen LogP contribution in [0.2, 0.25) is 0 Å². The van der Waals surface area contributed by atoms with Gasteiger partial charge in [-0.1, -0.05) is 176 Å². The molecule has 0 aromatic heterocycles. The molecule has 0 fully saturated rings. The number of hydrogen-bond donors (Lipinski definition) is 0. The van der Waals surface area contributed by atoms with Crippen molar-refractivity contribution in [3.8, 4) is 0 Å². The number of rotatable bonds is 8. The Morgan fingerprint density at radius 1 is 0.808 bits per heavy atom. The Hall–Kier alpha value is -5.53. The first-order valence-corrected chi connectivity index (χ1v) is 19.1. The number of aliphatic imine (C=N–C) groups is 1. The van der Waals surface area contributed by atoms with E-state index in [1.54, 1.807) is 11.1 Å². The predicted octanol–water partition coefficient (Wildman–Crippen LogP) is 11.0. The topological polar surface area (TPSA) is 12.4 Å². The average molecular weight is 672 g/mol. The summed E-state index contributed by atoms with van der Waals surface area (Å²) in [7, 11) is 0. The van der Waals surface area contributed by atoms with E-state index in [0.717, 1.165) is 54.6 Å². The minimum atomic E-state index is 0.381. The lowest BCUT2D eigenvalue weighted by Crippen LogP contribution is -2.40. The molecule has 0 saturated carbocycles. The summed E-state index contributed by atoms with van der Waals surface area (Å²) in [5.41, 5.74) is 15.7. The van der Waals surface area contributed by atoms with Gasteiger partial charge in [0.15, 0.2) is 0 Å². The van der Waals surface area contributed by atoms with E-state index in [2.05, 4.69) is 171 Å².